The van der Waals surface area contributed by atoms with Gasteiger partial charge < -0.3 is 14.2 Å². The molecule has 0 aliphatic carbocycles. The second-order valence-electron chi connectivity index (χ2n) is 6.21. The molecule has 0 saturated carbocycles. The fraction of sp³-hybridized carbons (Fsp3) is 0.217. The van der Waals surface area contributed by atoms with Crippen LogP contribution in [0.4, 0.5) is 0 Å². The lowest BCUT2D eigenvalue weighted by molar-refractivity contribution is -0.0878. The predicted molar refractivity (Wildman–Crippen MR) is 104 cm³/mol. The third-order valence-electron chi connectivity index (χ3n) is 4.19. The van der Waals surface area contributed by atoms with E-state index >= 15 is 0 Å². The van der Waals surface area contributed by atoms with Gasteiger partial charge in [-0.25, -0.2) is 9.59 Å². The Hall–Kier alpha value is -3.36. The van der Waals surface area contributed by atoms with E-state index in [0.29, 0.717) is 17.5 Å². The SMILES string of the molecule is C#CC[C@@H]1C=C[C@H](OC(=O)c2ccccc2)[C@@H](COC(=O)c2ccccc2)O1. The van der Waals surface area contributed by atoms with E-state index in [1.807, 2.05) is 12.1 Å². The minimum absolute atomic E-state index is 0.0636. The van der Waals surface area contributed by atoms with Crippen LogP contribution in [-0.2, 0) is 14.2 Å². The molecule has 1 heterocycles. The summed E-state index contributed by atoms with van der Waals surface area (Å²) in [6.45, 7) is -0.0636. The molecule has 5 nitrogen and oxygen atoms in total. The van der Waals surface area contributed by atoms with Crippen molar-refractivity contribution in [3.8, 4) is 12.3 Å². The summed E-state index contributed by atoms with van der Waals surface area (Å²) in [7, 11) is 0. The topological polar surface area (TPSA) is 61.8 Å². The van der Waals surface area contributed by atoms with E-state index in [-0.39, 0.29) is 12.7 Å². The van der Waals surface area contributed by atoms with Crippen molar-refractivity contribution in [1.82, 2.24) is 0 Å². The van der Waals surface area contributed by atoms with Gasteiger partial charge in [-0.05, 0) is 30.3 Å². The van der Waals surface area contributed by atoms with Gasteiger partial charge in [-0.1, -0.05) is 42.5 Å². The summed E-state index contributed by atoms with van der Waals surface area (Å²) >= 11 is 0. The number of ether oxygens (including phenoxy) is 3. The Balaban J connectivity index is 1.67. The van der Waals surface area contributed by atoms with Crippen LogP contribution < -0.4 is 0 Å². The summed E-state index contributed by atoms with van der Waals surface area (Å²) < 4.78 is 16.8. The molecule has 2 aromatic carbocycles. The Kier molecular flexibility index (Phi) is 6.61. The number of carbonyl (C=O) groups excluding carboxylic acids is 2. The number of hydrogen-bond acceptors (Lipinski definition) is 5. The maximum Gasteiger partial charge on any atom is 0.338 e. The van der Waals surface area contributed by atoms with Crippen molar-refractivity contribution >= 4 is 11.9 Å². The van der Waals surface area contributed by atoms with Crippen LogP contribution in [0.25, 0.3) is 0 Å². The van der Waals surface area contributed by atoms with Crippen LogP contribution in [0, 0.1) is 12.3 Å². The van der Waals surface area contributed by atoms with Crippen LogP contribution in [-0.4, -0.2) is 36.9 Å². The zero-order valence-corrected chi connectivity index (χ0v) is 15.2. The molecule has 3 atom stereocenters. The van der Waals surface area contributed by atoms with Gasteiger partial charge in [-0.2, -0.15) is 0 Å². The first-order valence-corrected chi connectivity index (χ1v) is 8.93. The fourth-order valence-corrected chi connectivity index (χ4v) is 2.77. The zero-order chi connectivity index (χ0) is 19.8. The lowest BCUT2D eigenvalue weighted by Gasteiger charge is -2.31. The lowest BCUT2D eigenvalue weighted by atomic mass is 10.1. The zero-order valence-electron chi connectivity index (χ0n) is 15.2. The summed E-state index contributed by atoms with van der Waals surface area (Å²) in [5, 5.41) is 0. The number of hydrogen-bond donors (Lipinski definition) is 0. The van der Waals surface area contributed by atoms with Gasteiger partial charge in [0.15, 0.2) is 0 Å². The second kappa shape index (κ2) is 9.54. The van der Waals surface area contributed by atoms with Gasteiger partial charge in [-0.3, -0.25) is 0 Å². The molecule has 2 aromatic rings. The molecular weight excluding hydrogens is 356 g/mol. The summed E-state index contributed by atoms with van der Waals surface area (Å²) in [6, 6.07) is 17.3. The maximum atomic E-state index is 12.4. The highest BCUT2D eigenvalue weighted by Gasteiger charge is 2.31. The first-order chi connectivity index (χ1) is 13.7. The third-order valence-corrected chi connectivity index (χ3v) is 4.19. The van der Waals surface area contributed by atoms with E-state index in [4.69, 9.17) is 20.6 Å². The molecule has 0 unspecified atom stereocenters. The van der Waals surface area contributed by atoms with Crippen molar-refractivity contribution in [3.63, 3.8) is 0 Å². The minimum atomic E-state index is -0.690. The molecule has 1 aliphatic rings. The Morgan fingerprint density at radius 1 is 0.929 bits per heavy atom. The van der Waals surface area contributed by atoms with Crippen LogP contribution >= 0.6 is 0 Å². The number of carbonyl (C=O) groups is 2. The molecule has 0 amide bonds. The van der Waals surface area contributed by atoms with Gasteiger partial charge in [0, 0.05) is 6.42 Å². The van der Waals surface area contributed by atoms with Crippen LogP contribution in [0.1, 0.15) is 27.1 Å². The van der Waals surface area contributed by atoms with Crippen LogP contribution in [0.3, 0.4) is 0 Å². The van der Waals surface area contributed by atoms with Crippen molar-refractivity contribution < 1.29 is 23.8 Å². The smallest absolute Gasteiger partial charge is 0.338 e. The quantitative estimate of drug-likeness (QED) is 0.439. The number of rotatable bonds is 6. The van der Waals surface area contributed by atoms with Gasteiger partial charge in [-0.15, -0.1) is 12.3 Å². The molecule has 0 fully saturated rings. The van der Waals surface area contributed by atoms with Crippen molar-refractivity contribution in [1.29, 1.82) is 0 Å². The Morgan fingerprint density at radius 3 is 2.14 bits per heavy atom. The summed E-state index contributed by atoms with van der Waals surface area (Å²) in [6.07, 6.45) is 7.56. The summed E-state index contributed by atoms with van der Waals surface area (Å²) in [5.74, 6) is 1.59. The van der Waals surface area contributed by atoms with E-state index in [9.17, 15) is 9.59 Å². The van der Waals surface area contributed by atoms with Gasteiger partial charge in [0.2, 0.25) is 0 Å². The highest BCUT2D eigenvalue weighted by molar-refractivity contribution is 5.90. The summed E-state index contributed by atoms with van der Waals surface area (Å²) in [5.41, 5.74) is 0.869. The first kappa shape index (κ1) is 19.4. The average molecular weight is 376 g/mol. The third kappa shape index (κ3) is 5.09. The van der Waals surface area contributed by atoms with Gasteiger partial charge in [0.1, 0.15) is 18.8 Å². The Bertz CT molecular complexity index is 867. The largest absolute Gasteiger partial charge is 0.459 e. The normalized spacial score (nSPS) is 20.8. The standard InChI is InChI=1S/C23H20O5/c1-2-9-19-14-15-20(28-23(25)18-12-7-4-8-13-18)21(27-19)16-26-22(24)17-10-5-3-6-11-17/h1,3-8,10-15,19-21H,9,16H2/t19-,20+,21-/m1/s1. The maximum absolute atomic E-state index is 12.4. The van der Waals surface area contributed by atoms with Crippen LogP contribution in [0.5, 0.6) is 0 Å². The van der Waals surface area contributed by atoms with Crippen molar-refractivity contribution in [2.24, 2.45) is 0 Å². The van der Waals surface area contributed by atoms with Crippen LogP contribution in [0.2, 0.25) is 0 Å². The Labute approximate surface area is 163 Å². The predicted octanol–water partition coefficient (Wildman–Crippen LogP) is 3.42. The molecular formula is C23H20O5. The van der Waals surface area contributed by atoms with Crippen molar-refractivity contribution in [2.45, 2.75) is 24.7 Å². The number of esters is 2. The second-order valence-corrected chi connectivity index (χ2v) is 6.21. The van der Waals surface area contributed by atoms with Gasteiger partial charge in [0.05, 0.1) is 17.2 Å². The number of benzene rings is 2. The molecule has 5 heteroatoms. The Morgan fingerprint density at radius 2 is 1.54 bits per heavy atom. The highest BCUT2D eigenvalue weighted by atomic mass is 16.6. The van der Waals surface area contributed by atoms with Crippen LogP contribution in [0.15, 0.2) is 72.8 Å². The molecule has 0 saturated heterocycles. The van der Waals surface area contributed by atoms with E-state index < -0.39 is 24.1 Å². The van der Waals surface area contributed by atoms with E-state index in [1.165, 1.54) is 0 Å². The van der Waals surface area contributed by atoms with Gasteiger partial charge >= 0.3 is 11.9 Å². The van der Waals surface area contributed by atoms with E-state index in [1.54, 1.807) is 60.7 Å². The van der Waals surface area contributed by atoms with E-state index in [0.717, 1.165) is 0 Å². The monoisotopic (exact) mass is 376 g/mol. The summed E-state index contributed by atoms with van der Waals surface area (Å²) in [4.78, 5) is 24.6. The van der Waals surface area contributed by atoms with Crippen molar-refractivity contribution in [2.75, 3.05) is 6.61 Å². The molecule has 0 bridgehead atoms. The number of terminal acetylenes is 1. The molecule has 142 valence electrons. The molecule has 0 radical (unpaired) electrons. The minimum Gasteiger partial charge on any atom is -0.459 e. The molecule has 0 spiro atoms. The molecule has 28 heavy (non-hydrogen) atoms. The van der Waals surface area contributed by atoms with E-state index in [2.05, 4.69) is 5.92 Å². The first-order valence-electron chi connectivity index (χ1n) is 8.93. The molecule has 1 aliphatic heterocycles. The average Bonchev–Trinajstić information content (AvgIpc) is 2.75. The van der Waals surface area contributed by atoms with Crippen molar-refractivity contribution in [3.05, 3.63) is 83.9 Å². The highest BCUT2D eigenvalue weighted by Crippen LogP contribution is 2.20. The molecule has 3 rings (SSSR count). The molecule has 0 N–H and O–H groups in total. The van der Waals surface area contributed by atoms with Gasteiger partial charge in [0.25, 0.3) is 0 Å². The molecule has 0 aromatic heterocycles. The fourth-order valence-electron chi connectivity index (χ4n) is 2.77. The lowest BCUT2D eigenvalue weighted by Crippen LogP contribution is -2.41.